The van der Waals surface area contributed by atoms with E-state index in [1.807, 2.05) is 6.92 Å². The Morgan fingerprint density at radius 3 is 2.78 bits per heavy atom. The molecule has 0 atom stereocenters. The molecule has 0 saturated carbocycles. The Morgan fingerprint density at radius 2 is 2.17 bits per heavy atom. The monoisotopic (exact) mass is 265 g/mol. The van der Waals surface area contributed by atoms with Crippen molar-refractivity contribution in [2.24, 2.45) is 0 Å². The maximum Gasteiger partial charge on any atom is 0.177 e. The van der Waals surface area contributed by atoms with Crippen molar-refractivity contribution in [3.63, 3.8) is 0 Å². The zero-order valence-electron chi connectivity index (χ0n) is 10.3. The third-order valence-electron chi connectivity index (χ3n) is 2.69. The number of hydrogen-bond acceptors (Lipinski definition) is 4. The minimum absolute atomic E-state index is 0.0995. The van der Waals surface area contributed by atoms with E-state index in [4.69, 9.17) is 20.9 Å². The molecule has 2 aromatic rings. The number of ketones is 1. The molecular formula is C13H12ClNO3. The Labute approximate surface area is 109 Å². The van der Waals surface area contributed by atoms with Crippen molar-refractivity contribution in [2.75, 3.05) is 7.11 Å². The normalized spacial score (nSPS) is 10.4. The number of methoxy groups -OCH3 is 1. The van der Waals surface area contributed by atoms with Crippen LogP contribution in [-0.2, 0) is 0 Å². The summed E-state index contributed by atoms with van der Waals surface area (Å²) in [5.74, 6) is 0.920. The second-order valence-electron chi connectivity index (χ2n) is 3.93. The van der Waals surface area contributed by atoms with Gasteiger partial charge < -0.3 is 9.26 Å². The van der Waals surface area contributed by atoms with Crippen LogP contribution in [-0.4, -0.2) is 18.0 Å². The Balaban J connectivity index is 2.61. The number of nitrogens with zero attached hydrogens (tertiary/aromatic N) is 1. The Bertz CT molecular complexity index is 604. The lowest BCUT2D eigenvalue weighted by atomic mass is 10.0. The molecule has 1 heterocycles. The van der Waals surface area contributed by atoms with E-state index in [1.165, 1.54) is 13.1 Å². The van der Waals surface area contributed by atoms with Crippen LogP contribution >= 0.6 is 11.6 Å². The first-order valence-electron chi connectivity index (χ1n) is 5.34. The van der Waals surface area contributed by atoms with Gasteiger partial charge in [-0.1, -0.05) is 16.8 Å². The van der Waals surface area contributed by atoms with Crippen molar-refractivity contribution in [3.05, 3.63) is 34.5 Å². The zero-order valence-corrected chi connectivity index (χ0v) is 11.0. The highest BCUT2D eigenvalue weighted by Crippen LogP contribution is 2.34. The predicted molar refractivity (Wildman–Crippen MR) is 68.2 cm³/mol. The third kappa shape index (κ3) is 2.11. The predicted octanol–water partition coefficient (Wildman–Crippen LogP) is 3.51. The van der Waals surface area contributed by atoms with Crippen LogP contribution in [0.5, 0.6) is 5.75 Å². The van der Waals surface area contributed by atoms with Crippen LogP contribution in [0.25, 0.3) is 11.3 Å². The van der Waals surface area contributed by atoms with E-state index in [9.17, 15) is 4.79 Å². The molecule has 0 saturated heterocycles. The van der Waals surface area contributed by atoms with Gasteiger partial charge in [0, 0.05) is 5.56 Å². The Morgan fingerprint density at radius 1 is 1.44 bits per heavy atom. The van der Waals surface area contributed by atoms with E-state index in [1.54, 1.807) is 19.2 Å². The van der Waals surface area contributed by atoms with Gasteiger partial charge in [0.05, 0.1) is 23.9 Å². The molecule has 0 aliphatic heterocycles. The van der Waals surface area contributed by atoms with Gasteiger partial charge in [-0.3, -0.25) is 4.79 Å². The highest BCUT2D eigenvalue weighted by molar-refractivity contribution is 6.32. The van der Waals surface area contributed by atoms with Gasteiger partial charge in [0.1, 0.15) is 5.75 Å². The minimum Gasteiger partial charge on any atom is -0.495 e. The number of ether oxygens (including phenoxy) is 1. The SMILES string of the molecule is COc1cc(C)c(-c2oncc2C(C)=O)cc1Cl. The lowest BCUT2D eigenvalue weighted by Gasteiger charge is -2.08. The van der Waals surface area contributed by atoms with Crippen LogP contribution < -0.4 is 4.74 Å². The fourth-order valence-electron chi connectivity index (χ4n) is 1.74. The van der Waals surface area contributed by atoms with Gasteiger partial charge >= 0.3 is 0 Å². The van der Waals surface area contributed by atoms with E-state index in [2.05, 4.69) is 5.16 Å². The highest BCUT2D eigenvalue weighted by atomic mass is 35.5. The molecule has 0 bridgehead atoms. The van der Waals surface area contributed by atoms with E-state index in [0.29, 0.717) is 22.1 Å². The van der Waals surface area contributed by atoms with Crippen LogP contribution in [0.2, 0.25) is 5.02 Å². The number of carbonyl (C=O) groups is 1. The number of rotatable bonds is 3. The smallest absolute Gasteiger partial charge is 0.177 e. The van der Waals surface area contributed by atoms with Crippen molar-refractivity contribution in [3.8, 4) is 17.1 Å². The van der Waals surface area contributed by atoms with E-state index < -0.39 is 0 Å². The maximum atomic E-state index is 11.5. The number of hydrogen-bond donors (Lipinski definition) is 0. The van der Waals surface area contributed by atoms with Gasteiger partial charge in [0.2, 0.25) is 0 Å². The van der Waals surface area contributed by atoms with E-state index in [-0.39, 0.29) is 5.78 Å². The zero-order chi connectivity index (χ0) is 13.3. The second-order valence-corrected chi connectivity index (χ2v) is 4.33. The number of Topliss-reactive ketones (excluding diaryl/α,β-unsaturated/α-hetero) is 1. The summed E-state index contributed by atoms with van der Waals surface area (Å²) in [5.41, 5.74) is 2.08. The number of aromatic nitrogens is 1. The molecule has 0 unspecified atom stereocenters. The topological polar surface area (TPSA) is 52.3 Å². The molecule has 0 amide bonds. The summed E-state index contributed by atoms with van der Waals surface area (Å²) >= 11 is 6.08. The molecular weight excluding hydrogens is 254 g/mol. The van der Waals surface area contributed by atoms with Gasteiger partial charge in [0.15, 0.2) is 11.5 Å². The standard InChI is InChI=1S/C13H12ClNO3/c1-7-4-12(17-3)11(14)5-9(7)13-10(8(2)16)6-15-18-13/h4-6H,1-3H3. The van der Waals surface area contributed by atoms with Crippen LogP contribution in [0.15, 0.2) is 22.9 Å². The second kappa shape index (κ2) is 4.82. The molecule has 0 aliphatic carbocycles. The Hall–Kier alpha value is -1.81. The summed E-state index contributed by atoms with van der Waals surface area (Å²) in [5, 5.41) is 4.12. The number of aryl methyl sites for hydroxylation is 1. The van der Waals surface area contributed by atoms with Gasteiger partial charge in [-0.25, -0.2) is 0 Å². The Kier molecular flexibility index (Phi) is 3.39. The summed E-state index contributed by atoms with van der Waals surface area (Å²) in [4.78, 5) is 11.5. The maximum absolute atomic E-state index is 11.5. The van der Waals surface area contributed by atoms with Crippen LogP contribution in [0.4, 0.5) is 0 Å². The fraction of sp³-hybridized carbons (Fsp3) is 0.231. The highest BCUT2D eigenvalue weighted by Gasteiger charge is 2.18. The molecule has 18 heavy (non-hydrogen) atoms. The molecule has 4 nitrogen and oxygen atoms in total. The van der Waals surface area contributed by atoms with Crippen molar-refractivity contribution in [1.82, 2.24) is 5.16 Å². The first kappa shape index (κ1) is 12.6. The van der Waals surface area contributed by atoms with Gasteiger partial charge in [0.25, 0.3) is 0 Å². The molecule has 0 aliphatic rings. The summed E-state index contributed by atoms with van der Waals surface area (Å²) in [7, 11) is 1.55. The van der Waals surface area contributed by atoms with Crippen LogP contribution in [0, 0.1) is 6.92 Å². The molecule has 0 radical (unpaired) electrons. The lowest BCUT2D eigenvalue weighted by molar-refractivity contribution is 0.101. The van der Waals surface area contributed by atoms with Crippen molar-refractivity contribution in [2.45, 2.75) is 13.8 Å². The van der Waals surface area contributed by atoms with Gasteiger partial charge in [-0.2, -0.15) is 0 Å². The summed E-state index contributed by atoms with van der Waals surface area (Å²) < 4.78 is 10.3. The number of carbonyl (C=O) groups excluding carboxylic acids is 1. The molecule has 5 heteroatoms. The molecule has 0 N–H and O–H groups in total. The van der Waals surface area contributed by atoms with Crippen LogP contribution in [0.1, 0.15) is 22.8 Å². The van der Waals surface area contributed by atoms with Crippen molar-refractivity contribution in [1.29, 1.82) is 0 Å². The lowest BCUT2D eigenvalue weighted by Crippen LogP contribution is -1.94. The molecule has 0 spiro atoms. The average molecular weight is 266 g/mol. The minimum atomic E-state index is -0.0995. The molecule has 0 fully saturated rings. The first-order valence-corrected chi connectivity index (χ1v) is 5.72. The van der Waals surface area contributed by atoms with Crippen molar-refractivity contribution >= 4 is 17.4 Å². The van der Waals surface area contributed by atoms with Gasteiger partial charge in [-0.15, -0.1) is 0 Å². The molecule has 2 rings (SSSR count). The van der Waals surface area contributed by atoms with Gasteiger partial charge in [-0.05, 0) is 31.5 Å². The number of halogens is 1. The molecule has 1 aromatic heterocycles. The first-order chi connectivity index (χ1) is 8.54. The largest absolute Gasteiger partial charge is 0.495 e. The third-order valence-corrected chi connectivity index (χ3v) is 2.99. The molecule has 1 aromatic carbocycles. The average Bonchev–Trinajstić information content (AvgIpc) is 2.80. The summed E-state index contributed by atoms with van der Waals surface area (Å²) in [6, 6.07) is 3.51. The summed E-state index contributed by atoms with van der Waals surface area (Å²) in [6.07, 6.45) is 1.41. The van der Waals surface area contributed by atoms with E-state index in [0.717, 1.165) is 11.1 Å². The number of benzene rings is 1. The van der Waals surface area contributed by atoms with Crippen LogP contribution in [0.3, 0.4) is 0 Å². The quantitative estimate of drug-likeness (QED) is 0.797. The molecule has 94 valence electrons. The summed E-state index contributed by atoms with van der Waals surface area (Å²) in [6.45, 7) is 3.36. The van der Waals surface area contributed by atoms with E-state index >= 15 is 0 Å². The van der Waals surface area contributed by atoms with Crippen molar-refractivity contribution < 1.29 is 14.1 Å². The fourth-order valence-corrected chi connectivity index (χ4v) is 1.98.